The highest BCUT2D eigenvalue weighted by Crippen LogP contribution is 2.49. The Morgan fingerprint density at radius 1 is 1.19 bits per heavy atom. The first kappa shape index (κ1) is 13.7. The maximum absolute atomic E-state index is 12.1. The highest BCUT2D eigenvalue weighted by Gasteiger charge is 2.48. The first-order chi connectivity index (χ1) is 10.2. The summed E-state index contributed by atoms with van der Waals surface area (Å²) < 4.78 is 15.4. The molecule has 1 heterocycles. The monoisotopic (exact) mass is 288 g/mol. The Morgan fingerprint density at radius 3 is 2.67 bits per heavy atom. The largest absolute Gasteiger partial charge is 0.493 e. The SMILES string of the molecule is COC(=O)C1=C[C@H](C(=O)OC)[C@H]2COc3ccccc3[C@@H]12. The molecule has 5 heteroatoms. The number of carbonyl (C=O) groups is 2. The fourth-order valence-corrected chi connectivity index (χ4v) is 3.20. The van der Waals surface area contributed by atoms with Crippen molar-refractivity contribution in [2.24, 2.45) is 11.8 Å². The van der Waals surface area contributed by atoms with Gasteiger partial charge >= 0.3 is 11.9 Å². The van der Waals surface area contributed by atoms with Crippen molar-refractivity contribution in [2.75, 3.05) is 20.8 Å². The highest BCUT2D eigenvalue weighted by atomic mass is 16.5. The van der Waals surface area contributed by atoms with Gasteiger partial charge in [-0.1, -0.05) is 24.3 Å². The van der Waals surface area contributed by atoms with Gasteiger partial charge in [0, 0.05) is 23.0 Å². The van der Waals surface area contributed by atoms with Crippen LogP contribution in [0.25, 0.3) is 0 Å². The van der Waals surface area contributed by atoms with Crippen molar-refractivity contribution >= 4 is 11.9 Å². The van der Waals surface area contributed by atoms with Gasteiger partial charge in [-0.25, -0.2) is 4.79 Å². The van der Waals surface area contributed by atoms with Crippen LogP contribution in [0.15, 0.2) is 35.9 Å². The van der Waals surface area contributed by atoms with E-state index in [9.17, 15) is 9.59 Å². The number of benzene rings is 1. The topological polar surface area (TPSA) is 61.8 Å². The Kier molecular flexibility index (Phi) is 3.41. The van der Waals surface area contributed by atoms with E-state index >= 15 is 0 Å². The fourth-order valence-electron chi connectivity index (χ4n) is 3.20. The highest BCUT2D eigenvalue weighted by molar-refractivity contribution is 5.93. The third-order valence-electron chi connectivity index (χ3n) is 4.16. The van der Waals surface area contributed by atoms with E-state index in [-0.39, 0.29) is 17.8 Å². The molecule has 0 radical (unpaired) electrons. The minimum Gasteiger partial charge on any atom is -0.493 e. The summed E-state index contributed by atoms with van der Waals surface area (Å²) in [5, 5.41) is 0. The Labute approximate surface area is 122 Å². The zero-order valence-electron chi connectivity index (χ0n) is 11.9. The van der Waals surface area contributed by atoms with Crippen LogP contribution in [-0.2, 0) is 19.1 Å². The number of methoxy groups -OCH3 is 2. The van der Waals surface area contributed by atoms with Crippen LogP contribution in [-0.4, -0.2) is 32.8 Å². The van der Waals surface area contributed by atoms with E-state index in [1.165, 1.54) is 14.2 Å². The predicted molar refractivity (Wildman–Crippen MR) is 73.8 cm³/mol. The van der Waals surface area contributed by atoms with Gasteiger partial charge in [-0.2, -0.15) is 0 Å². The zero-order valence-corrected chi connectivity index (χ0v) is 11.9. The summed E-state index contributed by atoms with van der Waals surface area (Å²) in [5.74, 6) is -0.825. The number of hydrogen-bond donors (Lipinski definition) is 0. The van der Waals surface area contributed by atoms with Crippen LogP contribution in [0.1, 0.15) is 11.5 Å². The van der Waals surface area contributed by atoms with E-state index in [4.69, 9.17) is 14.2 Å². The summed E-state index contributed by atoms with van der Waals surface area (Å²) in [6, 6.07) is 7.56. The van der Waals surface area contributed by atoms with E-state index in [0.717, 1.165) is 11.3 Å². The molecule has 0 bridgehead atoms. The first-order valence-electron chi connectivity index (χ1n) is 6.77. The maximum Gasteiger partial charge on any atom is 0.334 e. The van der Waals surface area contributed by atoms with Gasteiger partial charge < -0.3 is 14.2 Å². The van der Waals surface area contributed by atoms with Gasteiger partial charge in [-0.3, -0.25) is 4.79 Å². The lowest BCUT2D eigenvalue weighted by molar-refractivity contribution is -0.145. The predicted octanol–water partition coefficient (Wildman–Crippen LogP) is 1.68. The second-order valence-electron chi connectivity index (χ2n) is 5.15. The van der Waals surface area contributed by atoms with Crippen molar-refractivity contribution in [3.8, 4) is 5.75 Å². The standard InChI is InChI=1S/C16H16O5/c1-19-15(17)10-7-11(16(18)20-2)14-9-5-3-4-6-13(9)21-8-12(10)14/h3-7,10,12,14H,8H2,1-2H3/t10-,12+,14-/m0/s1. The van der Waals surface area contributed by atoms with Crippen LogP contribution >= 0.6 is 0 Å². The summed E-state index contributed by atoms with van der Waals surface area (Å²) >= 11 is 0. The molecule has 1 aliphatic carbocycles. The molecule has 0 spiro atoms. The van der Waals surface area contributed by atoms with Crippen LogP contribution in [0.5, 0.6) is 5.75 Å². The van der Waals surface area contributed by atoms with Crippen LogP contribution in [0.2, 0.25) is 0 Å². The van der Waals surface area contributed by atoms with E-state index in [0.29, 0.717) is 12.2 Å². The van der Waals surface area contributed by atoms with Crippen molar-refractivity contribution in [2.45, 2.75) is 5.92 Å². The van der Waals surface area contributed by atoms with Gasteiger partial charge in [0.2, 0.25) is 0 Å². The second-order valence-corrected chi connectivity index (χ2v) is 5.15. The first-order valence-corrected chi connectivity index (χ1v) is 6.77. The number of hydrogen-bond acceptors (Lipinski definition) is 5. The molecule has 5 nitrogen and oxygen atoms in total. The summed E-state index contributed by atoms with van der Waals surface area (Å²) in [4.78, 5) is 24.0. The average Bonchev–Trinajstić information content (AvgIpc) is 2.93. The number of para-hydroxylation sites is 1. The molecule has 0 fully saturated rings. The molecule has 3 rings (SSSR count). The maximum atomic E-state index is 12.1. The summed E-state index contributed by atoms with van der Waals surface area (Å²) in [5.41, 5.74) is 1.42. The molecule has 1 aliphatic heterocycles. The van der Waals surface area contributed by atoms with Crippen molar-refractivity contribution in [3.05, 3.63) is 41.5 Å². The van der Waals surface area contributed by atoms with Gasteiger partial charge in [-0.15, -0.1) is 0 Å². The van der Waals surface area contributed by atoms with Crippen LogP contribution < -0.4 is 4.74 Å². The molecular weight excluding hydrogens is 272 g/mol. The summed E-state index contributed by atoms with van der Waals surface area (Å²) in [7, 11) is 2.69. The Hall–Kier alpha value is -2.30. The van der Waals surface area contributed by atoms with Crippen molar-refractivity contribution in [1.82, 2.24) is 0 Å². The van der Waals surface area contributed by atoms with Crippen LogP contribution in [0.3, 0.4) is 0 Å². The molecule has 0 saturated carbocycles. The van der Waals surface area contributed by atoms with Gasteiger partial charge in [-0.05, 0) is 6.07 Å². The van der Waals surface area contributed by atoms with Crippen LogP contribution in [0, 0.1) is 11.8 Å². The zero-order chi connectivity index (χ0) is 15.0. The van der Waals surface area contributed by atoms with E-state index in [1.807, 2.05) is 24.3 Å². The molecule has 0 amide bonds. The molecule has 0 aromatic heterocycles. The smallest absolute Gasteiger partial charge is 0.334 e. The number of rotatable bonds is 2. The van der Waals surface area contributed by atoms with Crippen molar-refractivity contribution in [3.63, 3.8) is 0 Å². The minimum absolute atomic E-state index is 0.138. The van der Waals surface area contributed by atoms with Gasteiger partial charge in [0.25, 0.3) is 0 Å². The third-order valence-corrected chi connectivity index (χ3v) is 4.16. The van der Waals surface area contributed by atoms with Crippen molar-refractivity contribution in [1.29, 1.82) is 0 Å². The Balaban J connectivity index is 2.07. The summed E-state index contributed by atoms with van der Waals surface area (Å²) in [6.45, 7) is 0.373. The molecule has 2 aliphatic rings. The lowest BCUT2D eigenvalue weighted by atomic mass is 9.79. The average molecular weight is 288 g/mol. The van der Waals surface area contributed by atoms with E-state index in [1.54, 1.807) is 6.08 Å². The molecule has 0 saturated heterocycles. The molecule has 1 aromatic carbocycles. The van der Waals surface area contributed by atoms with E-state index in [2.05, 4.69) is 0 Å². The minimum atomic E-state index is -0.484. The van der Waals surface area contributed by atoms with E-state index < -0.39 is 11.9 Å². The van der Waals surface area contributed by atoms with Gasteiger partial charge in [0.15, 0.2) is 0 Å². The summed E-state index contributed by atoms with van der Waals surface area (Å²) in [6.07, 6.45) is 1.67. The van der Waals surface area contributed by atoms with Gasteiger partial charge in [0.1, 0.15) is 5.75 Å². The molecule has 110 valence electrons. The molecule has 0 N–H and O–H groups in total. The number of carbonyl (C=O) groups excluding carboxylic acids is 2. The lowest BCUT2D eigenvalue weighted by Gasteiger charge is -2.32. The quantitative estimate of drug-likeness (QED) is 0.775. The normalized spacial score (nSPS) is 26.0. The van der Waals surface area contributed by atoms with Gasteiger partial charge in [0.05, 0.1) is 26.7 Å². The second kappa shape index (κ2) is 5.24. The molecule has 1 aromatic rings. The van der Waals surface area contributed by atoms with Crippen LogP contribution in [0.4, 0.5) is 0 Å². The molecule has 3 atom stereocenters. The molecule has 21 heavy (non-hydrogen) atoms. The third kappa shape index (κ3) is 2.09. The number of esters is 2. The Bertz CT molecular complexity index is 619. The number of ether oxygens (including phenoxy) is 3. The fraction of sp³-hybridized carbons (Fsp3) is 0.375. The molecule has 0 unspecified atom stereocenters. The Morgan fingerprint density at radius 2 is 1.95 bits per heavy atom. The van der Waals surface area contributed by atoms with Crippen molar-refractivity contribution < 1.29 is 23.8 Å². The molecular formula is C16H16O5. The lowest BCUT2D eigenvalue weighted by Crippen LogP contribution is -2.32. The number of fused-ring (bicyclic) bond motifs is 3.